The summed E-state index contributed by atoms with van der Waals surface area (Å²) in [7, 11) is 0. The molecular formula is C12H18O. The summed E-state index contributed by atoms with van der Waals surface area (Å²) in [5.74, 6) is 4.61. The van der Waals surface area contributed by atoms with Crippen LogP contribution in [0.25, 0.3) is 0 Å². The van der Waals surface area contributed by atoms with Crippen molar-refractivity contribution in [2.24, 2.45) is 29.6 Å². The van der Waals surface area contributed by atoms with Crippen LogP contribution >= 0.6 is 0 Å². The predicted molar refractivity (Wildman–Crippen MR) is 51.2 cm³/mol. The van der Waals surface area contributed by atoms with Crippen LogP contribution in [0.1, 0.15) is 39.0 Å². The van der Waals surface area contributed by atoms with Gasteiger partial charge in [-0.25, -0.2) is 0 Å². The van der Waals surface area contributed by atoms with E-state index in [1.54, 1.807) is 0 Å². The smallest absolute Gasteiger partial charge is 0.136 e. The van der Waals surface area contributed by atoms with Gasteiger partial charge in [-0.1, -0.05) is 6.92 Å². The summed E-state index contributed by atoms with van der Waals surface area (Å²) in [5, 5.41) is 0. The molecule has 3 aliphatic carbocycles. The lowest BCUT2D eigenvalue weighted by molar-refractivity contribution is -0.127. The van der Waals surface area contributed by atoms with E-state index >= 15 is 0 Å². The summed E-state index contributed by atoms with van der Waals surface area (Å²) in [5.41, 5.74) is 0. The van der Waals surface area contributed by atoms with Crippen LogP contribution in [0.2, 0.25) is 0 Å². The molecule has 0 radical (unpaired) electrons. The fraction of sp³-hybridized carbons (Fsp3) is 0.917. The number of ketones is 1. The van der Waals surface area contributed by atoms with E-state index in [4.69, 9.17) is 0 Å². The SMILES string of the molecule is C[C@H]1C[C@@H]2[C@@H]3CC[C@H](C3)[C@@H]2CC1=O. The highest BCUT2D eigenvalue weighted by atomic mass is 16.1. The van der Waals surface area contributed by atoms with Gasteiger partial charge in [-0.3, -0.25) is 4.79 Å². The Hall–Kier alpha value is -0.330. The third-order valence-electron chi connectivity index (χ3n) is 4.89. The lowest BCUT2D eigenvalue weighted by Gasteiger charge is -2.36. The Morgan fingerprint density at radius 3 is 2.54 bits per heavy atom. The molecule has 0 spiro atoms. The molecule has 72 valence electrons. The van der Waals surface area contributed by atoms with Crippen LogP contribution in [0.15, 0.2) is 0 Å². The minimum atomic E-state index is 0.376. The molecule has 1 heteroatoms. The molecule has 2 bridgehead atoms. The Labute approximate surface area is 79.9 Å². The van der Waals surface area contributed by atoms with Crippen molar-refractivity contribution in [3.8, 4) is 0 Å². The highest BCUT2D eigenvalue weighted by Gasteiger charge is 2.50. The fourth-order valence-corrected chi connectivity index (χ4v) is 4.19. The molecule has 0 amide bonds. The van der Waals surface area contributed by atoms with Gasteiger partial charge < -0.3 is 0 Å². The number of Topliss-reactive ketones (excluding diaryl/α,β-unsaturated/α-hetero) is 1. The molecule has 3 rings (SSSR count). The van der Waals surface area contributed by atoms with Gasteiger partial charge in [0.25, 0.3) is 0 Å². The molecular weight excluding hydrogens is 160 g/mol. The molecule has 0 saturated heterocycles. The number of hydrogen-bond donors (Lipinski definition) is 0. The number of carbonyl (C=O) groups is 1. The van der Waals surface area contributed by atoms with Crippen LogP contribution in [-0.4, -0.2) is 5.78 Å². The van der Waals surface area contributed by atoms with Gasteiger partial charge in [0.15, 0.2) is 0 Å². The minimum absolute atomic E-state index is 0.376. The zero-order valence-corrected chi connectivity index (χ0v) is 8.33. The largest absolute Gasteiger partial charge is 0.299 e. The van der Waals surface area contributed by atoms with Gasteiger partial charge in [-0.15, -0.1) is 0 Å². The second kappa shape index (κ2) is 2.59. The average Bonchev–Trinajstić information content (AvgIpc) is 2.67. The molecule has 3 saturated carbocycles. The predicted octanol–water partition coefficient (Wildman–Crippen LogP) is 2.65. The van der Waals surface area contributed by atoms with E-state index in [2.05, 4.69) is 6.92 Å². The van der Waals surface area contributed by atoms with Crippen molar-refractivity contribution < 1.29 is 4.79 Å². The van der Waals surface area contributed by atoms with Crippen molar-refractivity contribution in [3.63, 3.8) is 0 Å². The first-order valence-corrected chi connectivity index (χ1v) is 5.78. The Morgan fingerprint density at radius 1 is 1.08 bits per heavy atom. The van der Waals surface area contributed by atoms with Gasteiger partial charge in [0, 0.05) is 12.3 Å². The number of fused-ring (bicyclic) bond motifs is 5. The van der Waals surface area contributed by atoms with Crippen LogP contribution in [0.3, 0.4) is 0 Å². The van der Waals surface area contributed by atoms with Gasteiger partial charge in [0.05, 0.1) is 0 Å². The topological polar surface area (TPSA) is 17.1 Å². The van der Waals surface area contributed by atoms with Crippen LogP contribution < -0.4 is 0 Å². The zero-order valence-electron chi connectivity index (χ0n) is 8.33. The van der Waals surface area contributed by atoms with Gasteiger partial charge in [-0.05, 0) is 49.4 Å². The standard InChI is InChI=1S/C12H18O/c1-7-4-10-8-2-3-9(5-8)11(10)6-12(7)13/h7-11H,2-6H2,1H3/t7-,8+,9+,10+,11-/m0/s1. The third kappa shape index (κ3) is 1.02. The first-order chi connectivity index (χ1) is 6.25. The van der Waals surface area contributed by atoms with Crippen molar-refractivity contribution in [2.75, 3.05) is 0 Å². The third-order valence-corrected chi connectivity index (χ3v) is 4.89. The van der Waals surface area contributed by atoms with Gasteiger partial charge >= 0.3 is 0 Å². The summed E-state index contributed by atoms with van der Waals surface area (Å²) in [6, 6.07) is 0. The highest BCUT2D eigenvalue weighted by Crippen LogP contribution is 2.57. The molecule has 0 unspecified atom stereocenters. The molecule has 0 aromatic heterocycles. The second-order valence-corrected chi connectivity index (χ2v) is 5.47. The summed E-state index contributed by atoms with van der Waals surface area (Å²) in [6.07, 6.45) is 6.48. The van der Waals surface area contributed by atoms with Crippen molar-refractivity contribution in [1.29, 1.82) is 0 Å². The van der Waals surface area contributed by atoms with Crippen molar-refractivity contribution >= 4 is 5.78 Å². The van der Waals surface area contributed by atoms with Gasteiger partial charge in [0.2, 0.25) is 0 Å². The van der Waals surface area contributed by atoms with Crippen LogP contribution in [0.4, 0.5) is 0 Å². The Balaban J connectivity index is 1.84. The van der Waals surface area contributed by atoms with Crippen LogP contribution in [-0.2, 0) is 4.79 Å². The Kier molecular flexibility index (Phi) is 1.59. The maximum Gasteiger partial charge on any atom is 0.136 e. The Bertz CT molecular complexity index is 246. The summed E-state index contributed by atoms with van der Waals surface area (Å²) >= 11 is 0. The number of rotatable bonds is 0. The van der Waals surface area contributed by atoms with E-state index in [1.165, 1.54) is 25.7 Å². The second-order valence-electron chi connectivity index (χ2n) is 5.47. The van der Waals surface area contributed by atoms with Crippen molar-refractivity contribution in [3.05, 3.63) is 0 Å². The lowest BCUT2D eigenvalue weighted by Crippen LogP contribution is -2.34. The van der Waals surface area contributed by atoms with Crippen molar-refractivity contribution in [2.45, 2.75) is 39.0 Å². The number of hydrogen-bond acceptors (Lipinski definition) is 1. The molecule has 0 aromatic carbocycles. The maximum absolute atomic E-state index is 11.6. The fourth-order valence-electron chi connectivity index (χ4n) is 4.19. The molecule has 3 aliphatic rings. The maximum atomic E-state index is 11.6. The Morgan fingerprint density at radius 2 is 1.77 bits per heavy atom. The molecule has 0 aliphatic heterocycles. The zero-order chi connectivity index (χ0) is 9.00. The van der Waals surface area contributed by atoms with E-state index in [0.29, 0.717) is 11.7 Å². The molecule has 13 heavy (non-hydrogen) atoms. The molecule has 0 aromatic rings. The number of carbonyl (C=O) groups excluding carboxylic acids is 1. The van der Waals surface area contributed by atoms with Crippen LogP contribution in [0.5, 0.6) is 0 Å². The lowest BCUT2D eigenvalue weighted by atomic mass is 9.67. The average molecular weight is 178 g/mol. The van der Waals surface area contributed by atoms with Gasteiger partial charge in [0.1, 0.15) is 5.78 Å². The van der Waals surface area contributed by atoms with E-state index < -0.39 is 0 Å². The quantitative estimate of drug-likeness (QED) is 0.557. The van der Waals surface area contributed by atoms with Crippen molar-refractivity contribution in [1.82, 2.24) is 0 Å². The highest BCUT2D eigenvalue weighted by molar-refractivity contribution is 5.81. The van der Waals surface area contributed by atoms with E-state index in [0.717, 1.165) is 30.1 Å². The minimum Gasteiger partial charge on any atom is -0.299 e. The van der Waals surface area contributed by atoms with E-state index in [1.807, 2.05) is 0 Å². The summed E-state index contributed by atoms with van der Waals surface area (Å²) < 4.78 is 0. The van der Waals surface area contributed by atoms with Crippen LogP contribution in [0, 0.1) is 29.6 Å². The molecule has 5 atom stereocenters. The summed E-state index contributed by atoms with van der Waals surface area (Å²) in [6.45, 7) is 2.13. The summed E-state index contributed by atoms with van der Waals surface area (Å²) in [4.78, 5) is 11.6. The first-order valence-electron chi connectivity index (χ1n) is 5.78. The molecule has 0 heterocycles. The molecule has 3 fully saturated rings. The normalized spacial score (nSPS) is 53.9. The molecule has 1 nitrogen and oxygen atoms in total. The van der Waals surface area contributed by atoms with E-state index in [-0.39, 0.29) is 0 Å². The molecule has 0 N–H and O–H groups in total. The van der Waals surface area contributed by atoms with Gasteiger partial charge in [-0.2, -0.15) is 0 Å². The van der Waals surface area contributed by atoms with E-state index in [9.17, 15) is 4.79 Å². The monoisotopic (exact) mass is 178 g/mol. The first kappa shape index (κ1) is 8.02.